The molecule has 7 nitrogen and oxygen atoms in total. The minimum Gasteiger partial charge on any atom is -0.472 e. The molecule has 0 saturated carbocycles. The summed E-state index contributed by atoms with van der Waals surface area (Å²) in [5.74, 6) is -0.307. The molecule has 0 N–H and O–H groups in total. The van der Waals surface area contributed by atoms with Gasteiger partial charge in [-0.2, -0.15) is 5.26 Å². The number of carbonyl (C=O) groups is 2. The van der Waals surface area contributed by atoms with Crippen LogP contribution in [-0.2, 0) is 17.9 Å². The highest BCUT2D eigenvalue weighted by Gasteiger charge is 2.21. The van der Waals surface area contributed by atoms with Gasteiger partial charge in [-0.1, -0.05) is 36.4 Å². The van der Waals surface area contributed by atoms with Gasteiger partial charge in [0.2, 0.25) is 5.91 Å². The Hall–Kier alpha value is -3.92. The number of hydrogen-bond donors (Lipinski definition) is 0. The van der Waals surface area contributed by atoms with Gasteiger partial charge in [0.05, 0.1) is 24.3 Å². The van der Waals surface area contributed by atoms with E-state index in [-0.39, 0.29) is 31.2 Å². The number of nitriles is 1. The molecule has 0 aliphatic carbocycles. The van der Waals surface area contributed by atoms with Gasteiger partial charge in [0.15, 0.2) is 0 Å². The summed E-state index contributed by atoms with van der Waals surface area (Å²) in [6.07, 6.45) is 6.64. The predicted octanol–water partition coefficient (Wildman–Crippen LogP) is 3.65. The van der Waals surface area contributed by atoms with Gasteiger partial charge >= 0.3 is 0 Å². The van der Waals surface area contributed by atoms with Crippen LogP contribution >= 0.6 is 0 Å². The Morgan fingerprint density at radius 1 is 0.968 bits per heavy atom. The second-order valence-electron chi connectivity index (χ2n) is 7.06. The lowest BCUT2D eigenvalue weighted by molar-refractivity contribution is -0.132. The molecule has 3 aromatic rings. The molecule has 0 bridgehead atoms. The zero-order valence-electron chi connectivity index (χ0n) is 17.2. The van der Waals surface area contributed by atoms with Crippen LogP contribution in [0, 0.1) is 11.3 Å². The topological polar surface area (TPSA) is 90.4 Å². The number of pyridine rings is 1. The van der Waals surface area contributed by atoms with Crippen LogP contribution in [0.15, 0.2) is 77.9 Å². The molecule has 1 aromatic carbocycles. The van der Waals surface area contributed by atoms with Gasteiger partial charge in [-0.15, -0.1) is 0 Å². The van der Waals surface area contributed by atoms with E-state index < -0.39 is 0 Å². The summed E-state index contributed by atoms with van der Waals surface area (Å²) >= 11 is 0. The Balaban J connectivity index is 1.69. The number of carbonyl (C=O) groups excluding carboxylic acids is 2. The summed E-state index contributed by atoms with van der Waals surface area (Å²) in [6, 6.07) is 17.0. The number of nitrogens with zero attached hydrogens (tertiary/aromatic N) is 4. The number of aromatic nitrogens is 1. The van der Waals surface area contributed by atoms with Crippen molar-refractivity contribution < 1.29 is 14.0 Å². The average molecular weight is 416 g/mol. The minimum absolute atomic E-state index is 0.114. The SMILES string of the molecule is N#CCCN(Cc1cccnc1)C(=O)CCN(Cc1ccccc1)C(=O)c1ccoc1. The molecule has 0 spiro atoms. The number of hydrogen-bond acceptors (Lipinski definition) is 5. The maximum absolute atomic E-state index is 13.0. The fraction of sp³-hybridized carbons (Fsp3) is 0.250. The fourth-order valence-electron chi connectivity index (χ4n) is 3.20. The van der Waals surface area contributed by atoms with E-state index in [1.54, 1.807) is 28.3 Å². The summed E-state index contributed by atoms with van der Waals surface area (Å²) in [6.45, 7) is 1.36. The first-order chi connectivity index (χ1) is 15.2. The maximum Gasteiger partial charge on any atom is 0.257 e. The summed E-state index contributed by atoms with van der Waals surface area (Å²) in [7, 11) is 0. The molecule has 2 aromatic heterocycles. The predicted molar refractivity (Wildman–Crippen MR) is 114 cm³/mol. The zero-order chi connectivity index (χ0) is 21.9. The van der Waals surface area contributed by atoms with Crippen molar-refractivity contribution in [1.29, 1.82) is 5.26 Å². The van der Waals surface area contributed by atoms with Gasteiger partial charge in [-0.3, -0.25) is 14.6 Å². The molecule has 0 aliphatic rings. The van der Waals surface area contributed by atoms with E-state index >= 15 is 0 Å². The standard InChI is InChI=1S/C24H24N4O3/c25-11-5-13-27(18-21-8-4-12-26-16-21)23(29)9-14-28(17-20-6-2-1-3-7-20)24(30)22-10-15-31-19-22/h1-4,6-8,10,12,15-16,19H,5,9,13-14,17-18H2. The van der Waals surface area contributed by atoms with Crippen molar-refractivity contribution >= 4 is 11.8 Å². The second kappa shape index (κ2) is 11.3. The number of furan rings is 1. The van der Waals surface area contributed by atoms with Crippen LogP contribution in [0.1, 0.15) is 34.3 Å². The minimum atomic E-state index is -0.193. The average Bonchev–Trinajstić information content (AvgIpc) is 3.35. The number of rotatable bonds is 10. The molecule has 0 fully saturated rings. The van der Waals surface area contributed by atoms with E-state index in [1.807, 2.05) is 42.5 Å². The molecule has 3 rings (SSSR count). The monoisotopic (exact) mass is 416 g/mol. The fourth-order valence-corrected chi connectivity index (χ4v) is 3.20. The summed E-state index contributed by atoms with van der Waals surface area (Å²) in [4.78, 5) is 33.3. The lowest BCUT2D eigenvalue weighted by Gasteiger charge is -2.25. The van der Waals surface area contributed by atoms with E-state index in [2.05, 4.69) is 11.1 Å². The van der Waals surface area contributed by atoms with Gasteiger partial charge in [-0.25, -0.2) is 0 Å². The van der Waals surface area contributed by atoms with Crippen LogP contribution in [0.2, 0.25) is 0 Å². The molecule has 0 atom stereocenters. The summed E-state index contributed by atoms with van der Waals surface area (Å²) in [5.41, 5.74) is 2.31. The van der Waals surface area contributed by atoms with E-state index in [0.29, 0.717) is 25.2 Å². The Morgan fingerprint density at radius 3 is 2.42 bits per heavy atom. The molecular formula is C24H24N4O3. The number of benzene rings is 1. The molecule has 0 aliphatic heterocycles. The van der Waals surface area contributed by atoms with Crippen LogP contribution in [0.4, 0.5) is 0 Å². The molecule has 0 saturated heterocycles. The van der Waals surface area contributed by atoms with Crippen LogP contribution in [-0.4, -0.2) is 39.7 Å². The molecule has 0 unspecified atom stereocenters. The zero-order valence-corrected chi connectivity index (χ0v) is 17.2. The van der Waals surface area contributed by atoms with Crippen LogP contribution in [0.25, 0.3) is 0 Å². The highest BCUT2D eigenvalue weighted by molar-refractivity contribution is 5.94. The molecule has 2 heterocycles. The van der Waals surface area contributed by atoms with Gasteiger partial charge in [0.25, 0.3) is 5.91 Å². The molecule has 158 valence electrons. The maximum atomic E-state index is 13.0. The van der Waals surface area contributed by atoms with Gasteiger partial charge in [0, 0.05) is 45.0 Å². The molecular weight excluding hydrogens is 392 g/mol. The first-order valence-electron chi connectivity index (χ1n) is 10.1. The van der Waals surface area contributed by atoms with Crippen molar-refractivity contribution in [3.05, 3.63) is 90.1 Å². The third-order valence-electron chi connectivity index (χ3n) is 4.81. The van der Waals surface area contributed by atoms with Gasteiger partial charge in [0.1, 0.15) is 6.26 Å². The normalized spacial score (nSPS) is 10.3. The second-order valence-corrected chi connectivity index (χ2v) is 7.06. The highest BCUT2D eigenvalue weighted by atomic mass is 16.3. The van der Waals surface area contributed by atoms with Crippen molar-refractivity contribution in [3.63, 3.8) is 0 Å². The van der Waals surface area contributed by atoms with Crippen LogP contribution in [0.5, 0.6) is 0 Å². The summed E-state index contributed by atoms with van der Waals surface area (Å²) in [5, 5.41) is 8.96. The van der Waals surface area contributed by atoms with Crippen molar-refractivity contribution in [2.45, 2.75) is 25.9 Å². The smallest absolute Gasteiger partial charge is 0.257 e. The van der Waals surface area contributed by atoms with Crippen molar-refractivity contribution in [3.8, 4) is 6.07 Å². The number of amides is 2. The van der Waals surface area contributed by atoms with Crippen LogP contribution < -0.4 is 0 Å². The van der Waals surface area contributed by atoms with E-state index in [9.17, 15) is 9.59 Å². The lowest BCUT2D eigenvalue weighted by Crippen LogP contribution is -2.37. The molecule has 7 heteroatoms. The third-order valence-corrected chi connectivity index (χ3v) is 4.81. The lowest BCUT2D eigenvalue weighted by atomic mass is 10.1. The van der Waals surface area contributed by atoms with Gasteiger partial charge in [-0.05, 0) is 23.3 Å². The van der Waals surface area contributed by atoms with Gasteiger partial charge < -0.3 is 14.2 Å². The third kappa shape index (κ3) is 6.54. The Kier molecular flexibility index (Phi) is 7.95. The molecule has 31 heavy (non-hydrogen) atoms. The summed E-state index contributed by atoms with van der Waals surface area (Å²) < 4.78 is 5.05. The van der Waals surface area contributed by atoms with Crippen molar-refractivity contribution in [2.24, 2.45) is 0 Å². The van der Waals surface area contributed by atoms with E-state index in [4.69, 9.17) is 9.68 Å². The molecule has 0 radical (unpaired) electrons. The first kappa shape index (κ1) is 21.8. The Bertz CT molecular complexity index is 998. The molecule has 2 amide bonds. The highest BCUT2D eigenvalue weighted by Crippen LogP contribution is 2.13. The van der Waals surface area contributed by atoms with E-state index in [0.717, 1.165) is 11.1 Å². The Morgan fingerprint density at radius 2 is 1.74 bits per heavy atom. The largest absolute Gasteiger partial charge is 0.472 e. The van der Waals surface area contributed by atoms with Crippen molar-refractivity contribution in [1.82, 2.24) is 14.8 Å². The quantitative estimate of drug-likeness (QED) is 0.503. The van der Waals surface area contributed by atoms with Crippen LogP contribution in [0.3, 0.4) is 0 Å². The van der Waals surface area contributed by atoms with E-state index in [1.165, 1.54) is 12.5 Å². The Labute approximate surface area is 181 Å². The van der Waals surface area contributed by atoms with Crippen molar-refractivity contribution in [2.75, 3.05) is 13.1 Å². The first-order valence-corrected chi connectivity index (χ1v) is 10.1.